The fourth-order valence-electron chi connectivity index (χ4n) is 4.99. The topological polar surface area (TPSA) is 80.0 Å². The van der Waals surface area contributed by atoms with Gasteiger partial charge in [0.2, 0.25) is 5.91 Å². The normalized spacial score (nSPS) is 22.7. The summed E-state index contributed by atoms with van der Waals surface area (Å²) in [7, 11) is 0. The van der Waals surface area contributed by atoms with Gasteiger partial charge < -0.3 is 15.2 Å². The molecule has 1 aliphatic heterocycles. The van der Waals surface area contributed by atoms with E-state index in [1.807, 2.05) is 12.1 Å². The molecule has 2 aromatic rings. The highest BCUT2D eigenvalue weighted by atomic mass is 16.5. The maximum absolute atomic E-state index is 12.5. The van der Waals surface area contributed by atoms with Crippen LogP contribution in [-0.4, -0.2) is 29.1 Å². The first kappa shape index (κ1) is 21.0. The molecule has 2 aromatic heterocycles. The van der Waals surface area contributed by atoms with Crippen molar-refractivity contribution in [1.82, 2.24) is 20.8 Å². The standard InChI is InChI=1S/C24H34N4O2/c29-24(27-16-19-7-4-9-25-15-19)13-20-8-10-26-17-21(20)12-22-14-23(30-28-22)11-18-5-2-1-3-6-18/h4,7,9,14-15,18,20-21,26H,1-3,5-6,8,10-13,16-17H2,(H,27,29)/t20-,21+/m1/s1. The Labute approximate surface area is 179 Å². The minimum Gasteiger partial charge on any atom is -0.361 e. The van der Waals surface area contributed by atoms with Gasteiger partial charge in [-0.25, -0.2) is 0 Å². The molecular weight excluding hydrogens is 376 g/mol. The zero-order valence-electron chi connectivity index (χ0n) is 17.8. The van der Waals surface area contributed by atoms with Crippen LogP contribution >= 0.6 is 0 Å². The maximum atomic E-state index is 12.5. The van der Waals surface area contributed by atoms with Crippen LogP contribution in [0, 0.1) is 17.8 Å². The number of amides is 1. The Kier molecular flexibility index (Phi) is 7.51. The summed E-state index contributed by atoms with van der Waals surface area (Å²) >= 11 is 0. The number of hydrogen-bond donors (Lipinski definition) is 2. The fraction of sp³-hybridized carbons (Fsp3) is 0.625. The molecule has 2 N–H and O–H groups in total. The molecule has 3 heterocycles. The molecule has 2 aliphatic rings. The van der Waals surface area contributed by atoms with Crippen LogP contribution in [0.3, 0.4) is 0 Å². The largest absolute Gasteiger partial charge is 0.361 e. The molecule has 1 saturated heterocycles. The molecule has 0 bridgehead atoms. The Morgan fingerprint density at radius 2 is 2.07 bits per heavy atom. The molecule has 0 radical (unpaired) electrons. The second-order valence-electron chi connectivity index (χ2n) is 9.05. The minimum absolute atomic E-state index is 0.119. The van der Waals surface area contributed by atoms with Gasteiger partial charge in [-0.3, -0.25) is 9.78 Å². The van der Waals surface area contributed by atoms with E-state index >= 15 is 0 Å². The molecule has 6 nitrogen and oxygen atoms in total. The highest BCUT2D eigenvalue weighted by molar-refractivity contribution is 5.76. The SMILES string of the molecule is O=C(C[C@H]1CCNC[C@@H]1Cc1cc(CC2CCCCC2)on1)NCc1cccnc1. The molecule has 0 unspecified atom stereocenters. The first-order valence-electron chi connectivity index (χ1n) is 11.6. The number of pyridine rings is 1. The van der Waals surface area contributed by atoms with Gasteiger partial charge in [0.25, 0.3) is 0 Å². The van der Waals surface area contributed by atoms with E-state index in [-0.39, 0.29) is 5.91 Å². The Morgan fingerprint density at radius 1 is 1.17 bits per heavy atom. The fourth-order valence-corrected chi connectivity index (χ4v) is 4.99. The molecule has 162 valence electrons. The number of aromatic nitrogens is 2. The smallest absolute Gasteiger partial charge is 0.220 e. The van der Waals surface area contributed by atoms with Crippen LogP contribution in [-0.2, 0) is 24.2 Å². The van der Waals surface area contributed by atoms with Gasteiger partial charge in [-0.1, -0.05) is 43.3 Å². The lowest BCUT2D eigenvalue weighted by molar-refractivity contribution is -0.122. The van der Waals surface area contributed by atoms with E-state index in [1.54, 1.807) is 12.4 Å². The van der Waals surface area contributed by atoms with Gasteiger partial charge in [0.05, 0.1) is 5.69 Å². The summed E-state index contributed by atoms with van der Waals surface area (Å²) in [4.78, 5) is 16.6. The molecule has 4 rings (SSSR count). The Bertz CT molecular complexity index is 786. The van der Waals surface area contributed by atoms with E-state index in [2.05, 4.69) is 26.8 Å². The summed E-state index contributed by atoms with van der Waals surface area (Å²) in [6.07, 6.45) is 13.8. The first-order chi connectivity index (χ1) is 14.8. The van der Waals surface area contributed by atoms with Crippen LogP contribution in [0.15, 0.2) is 35.1 Å². The number of rotatable bonds is 8. The summed E-state index contributed by atoms with van der Waals surface area (Å²) in [5.74, 6) is 2.70. The molecule has 30 heavy (non-hydrogen) atoms. The quantitative estimate of drug-likeness (QED) is 0.694. The van der Waals surface area contributed by atoms with Crippen molar-refractivity contribution in [3.8, 4) is 0 Å². The van der Waals surface area contributed by atoms with Gasteiger partial charge in [-0.05, 0) is 55.3 Å². The van der Waals surface area contributed by atoms with Gasteiger partial charge in [0, 0.05) is 37.8 Å². The van der Waals surface area contributed by atoms with Gasteiger partial charge >= 0.3 is 0 Å². The van der Waals surface area contributed by atoms with Crippen LogP contribution in [0.1, 0.15) is 62.0 Å². The number of piperidine rings is 1. The van der Waals surface area contributed by atoms with E-state index in [0.29, 0.717) is 24.8 Å². The molecule has 1 amide bonds. The highest BCUT2D eigenvalue weighted by Gasteiger charge is 2.28. The monoisotopic (exact) mass is 410 g/mol. The minimum atomic E-state index is 0.119. The van der Waals surface area contributed by atoms with E-state index in [9.17, 15) is 4.79 Å². The van der Waals surface area contributed by atoms with Gasteiger partial charge in [0.15, 0.2) is 0 Å². The van der Waals surface area contributed by atoms with Crippen LogP contribution < -0.4 is 10.6 Å². The van der Waals surface area contributed by atoms with Crippen molar-refractivity contribution >= 4 is 5.91 Å². The zero-order valence-corrected chi connectivity index (χ0v) is 17.8. The third kappa shape index (κ3) is 6.14. The van der Waals surface area contributed by atoms with Gasteiger partial charge in [-0.2, -0.15) is 0 Å². The van der Waals surface area contributed by atoms with Crippen molar-refractivity contribution in [2.45, 2.75) is 64.3 Å². The number of carbonyl (C=O) groups excluding carboxylic acids is 1. The van der Waals surface area contributed by atoms with E-state index in [0.717, 1.165) is 55.3 Å². The Morgan fingerprint density at radius 3 is 2.90 bits per heavy atom. The number of nitrogens with one attached hydrogen (secondary N) is 2. The van der Waals surface area contributed by atoms with E-state index in [4.69, 9.17) is 4.52 Å². The lowest BCUT2D eigenvalue weighted by Crippen LogP contribution is -2.40. The first-order valence-corrected chi connectivity index (χ1v) is 11.6. The van der Waals surface area contributed by atoms with Crippen LogP contribution in [0.2, 0.25) is 0 Å². The van der Waals surface area contributed by atoms with Crippen molar-refractivity contribution in [1.29, 1.82) is 0 Å². The third-order valence-electron chi connectivity index (χ3n) is 6.72. The highest BCUT2D eigenvalue weighted by Crippen LogP contribution is 2.29. The van der Waals surface area contributed by atoms with Crippen LogP contribution in [0.5, 0.6) is 0 Å². The molecule has 1 saturated carbocycles. The van der Waals surface area contributed by atoms with Gasteiger partial charge in [-0.15, -0.1) is 0 Å². The molecule has 2 atom stereocenters. The lowest BCUT2D eigenvalue weighted by Gasteiger charge is -2.31. The van der Waals surface area contributed by atoms with Gasteiger partial charge in [0.1, 0.15) is 5.76 Å². The van der Waals surface area contributed by atoms with Crippen LogP contribution in [0.4, 0.5) is 0 Å². The summed E-state index contributed by atoms with van der Waals surface area (Å²) < 4.78 is 5.66. The van der Waals surface area contributed by atoms with Crippen molar-refractivity contribution in [3.05, 3.63) is 47.6 Å². The average Bonchev–Trinajstić information content (AvgIpc) is 3.22. The summed E-state index contributed by atoms with van der Waals surface area (Å²) in [6.45, 7) is 2.45. The van der Waals surface area contributed by atoms with Crippen molar-refractivity contribution in [3.63, 3.8) is 0 Å². The predicted molar refractivity (Wildman–Crippen MR) is 116 cm³/mol. The predicted octanol–water partition coefficient (Wildman–Crippen LogP) is 3.67. The summed E-state index contributed by atoms with van der Waals surface area (Å²) in [5, 5.41) is 10.9. The molecule has 2 fully saturated rings. The second kappa shape index (κ2) is 10.7. The average molecular weight is 411 g/mol. The lowest BCUT2D eigenvalue weighted by atomic mass is 9.81. The molecular formula is C24H34N4O2. The Hall–Kier alpha value is -2.21. The van der Waals surface area contributed by atoms with E-state index in [1.165, 1.54) is 32.1 Å². The molecule has 0 aromatic carbocycles. The second-order valence-corrected chi connectivity index (χ2v) is 9.05. The molecule has 0 spiro atoms. The number of nitrogens with zero attached hydrogens (tertiary/aromatic N) is 2. The maximum Gasteiger partial charge on any atom is 0.220 e. The van der Waals surface area contributed by atoms with Crippen LogP contribution in [0.25, 0.3) is 0 Å². The Balaban J connectivity index is 1.27. The number of hydrogen-bond acceptors (Lipinski definition) is 5. The zero-order chi connectivity index (χ0) is 20.6. The summed E-state index contributed by atoms with van der Waals surface area (Å²) in [5.41, 5.74) is 2.07. The van der Waals surface area contributed by atoms with E-state index < -0.39 is 0 Å². The summed E-state index contributed by atoms with van der Waals surface area (Å²) in [6, 6.07) is 6.03. The molecule has 6 heteroatoms. The third-order valence-corrected chi connectivity index (χ3v) is 6.72. The van der Waals surface area contributed by atoms with Crippen molar-refractivity contribution in [2.75, 3.05) is 13.1 Å². The number of carbonyl (C=O) groups is 1. The molecule has 1 aliphatic carbocycles. The van der Waals surface area contributed by atoms with Crippen molar-refractivity contribution in [2.24, 2.45) is 17.8 Å². The van der Waals surface area contributed by atoms with Crippen molar-refractivity contribution < 1.29 is 9.32 Å².